The Kier molecular flexibility index (Phi) is 6.52. The Morgan fingerprint density at radius 2 is 1.66 bits per heavy atom. The summed E-state index contributed by atoms with van der Waals surface area (Å²) in [6.45, 7) is 4.51. The Bertz CT molecular complexity index is 1260. The maximum absolute atomic E-state index is 13.2. The van der Waals surface area contributed by atoms with E-state index in [0.717, 1.165) is 22.1 Å². The maximum Gasteiger partial charge on any atom is 0.341 e. The molecule has 1 N–H and O–H groups in total. The highest BCUT2D eigenvalue weighted by atomic mass is 32.1. The fourth-order valence-corrected chi connectivity index (χ4v) is 4.51. The molecule has 0 aliphatic rings. The van der Waals surface area contributed by atoms with Gasteiger partial charge in [0.25, 0.3) is 5.91 Å². The van der Waals surface area contributed by atoms with Crippen molar-refractivity contribution in [3.05, 3.63) is 83.2 Å². The number of benzene rings is 3. The highest BCUT2D eigenvalue weighted by Gasteiger charge is 2.23. The first-order chi connectivity index (χ1) is 15.6. The van der Waals surface area contributed by atoms with Crippen LogP contribution in [-0.4, -0.2) is 25.1 Å². The van der Waals surface area contributed by atoms with Crippen LogP contribution in [0.1, 0.15) is 34.6 Å². The summed E-state index contributed by atoms with van der Waals surface area (Å²) in [6, 6.07) is 20.8. The molecule has 1 aromatic heterocycles. The van der Waals surface area contributed by atoms with Crippen LogP contribution in [0.3, 0.4) is 0 Å². The average Bonchev–Trinajstić information content (AvgIpc) is 3.23. The van der Waals surface area contributed by atoms with Gasteiger partial charge < -0.3 is 14.8 Å². The molecule has 32 heavy (non-hydrogen) atoms. The Labute approximate surface area is 190 Å². The molecule has 0 spiro atoms. The lowest BCUT2D eigenvalue weighted by molar-refractivity contribution is 0.0529. The van der Waals surface area contributed by atoms with E-state index in [2.05, 4.69) is 5.32 Å². The number of rotatable bonds is 7. The number of fused-ring (bicyclic) bond motifs is 1. The number of esters is 1. The van der Waals surface area contributed by atoms with E-state index in [4.69, 9.17) is 9.47 Å². The lowest BCUT2D eigenvalue weighted by atomic mass is 10.0. The van der Waals surface area contributed by atoms with Crippen LogP contribution in [0.5, 0.6) is 5.75 Å². The van der Waals surface area contributed by atoms with Gasteiger partial charge in [0.2, 0.25) is 0 Å². The SMILES string of the molecule is CCOC(=O)c1c(-c2ccc(OCC)cc2)csc1NC(=O)c1cccc2ccccc12. The average molecular weight is 446 g/mol. The lowest BCUT2D eigenvalue weighted by Crippen LogP contribution is -2.15. The second-order valence-electron chi connectivity index (χ2n) is 7.01. The number of hydrogen-bond acceptors (Lipinski definition) is 5. The highest BCUT2D eigenvalue weighted by molar-refractivity contribution is 7.15. The summed E-state index contributed by atoms with van der Waals surface area (Å²) in [4.78, 5) is 26.0. The molecule has 0 aliphatic carbocycles. The first-order valence-electron chi connectivity index (χ1n) is 10.4. The van der Waals surface area contributed by atoms with Crippen molar-refractivity contribution in [2.45, 2.75) is 13.8 Å². The van der Waals surface area contributed by atoms with E-state index < -0.39 is 5.97 Å². The summed E-state index contributed by atoms with van der Waals surface area (Å²) >= 11 is 1.30. The molecule has 0 saturated heterocycles. The standard InChI is InChI=1S/C26H23NO4S/c1-3-30-19-14-12-18(13-15-19)22-16-32-25(23(22)26(29)31-4-2)27-24(28)21-11-7-9-17-8-5-6-10-20(17)21/h5-16H,3-4H2,1-2H3,(H,27,28). The van der Waals surface area contributed by atoms with Gasteiger partial charge in [0.05, 0.1) is 13.2 Å². The normalized spacial score (nSPS) is 10.7. The van der Waals surface area contributed by atoms with Gasteiger partial charge in [-0.3, -0.25) is 4.79 Å². The van der Waals surface area contributed by atoms with E-state index in [1.165, 1.54) is 11.3 Å². The fourth-order valence-electron chi connectivity index (χ4n) is 3.56. The molecule has 4 aromatic rings. The monoisotopic (exact) mass is 445 g/mol. The number of carbonyl (C=O) groups is 2. The van der Waals surface area contributed by atoms with Crippen molar-refractivity contribution in [3.8, 4) is 16.9 Å². The number of carbonyl (C=O) groups excluding carboxylic acids is 2. The van der Waals surface area contributed by atoms with Gasteiger partial charge >= 0.3 is 5.97 Å². The maximum atomic E-state index is 13.2. The van der Waals surface area contributed by atoms with E-state index in [0.29, 0.717) is 28.3 Å². The molecule has 0 bridgehead atoms. The minimum atomic E-state index is -0.467. The van der Waals surface area contributed by atoms with Gasteiger partial charge in [-0.05, 0) is 48.4 Å². The fraction of sp³-hybridized carbons (Fsp3) is 0.154. The van der Waals surface area contributed by atoms with Gasteiger partial charge in [0.1, 0.15) is 16.3 Å². The van der Waals surface area contributed by atoms with Gasteiger partial charge in [-0.25, -0.2) is 4.79 Å². The minimum Gasteiger partial charge on any atom is -0.494 e. The van der Waals surface area contributed by atoms with E-state index >= 15 is 0 Å². The molecule has 1 heterocycles. The molecule has 4 rings (SSSR count). The largest absolute Gasteiger partial charge is 0.494 e. The Morgan fingerprint density at radius 1 is 0.906 bits per heavy atom. The zero-order valence-electron chi connectivity index (χ0n) is 17.9. The summed E-state index contributed by atoms with van der Waals surface area (Å²) in [7, 11) is 0. The zero-order valence-corrected chi connectivity index (χ0v) is 18.7. The van der Waals surface area contributed by atoms with E-state index in [1.54, 1.807) is 13.0 Å². The minimum absolute atomic E-state index is 0.244. The lowest BCUT2D eigenvalue weighted by Gasteiger charge is -2.10. The van der Waals surface area contributed by atoms with Gasteiger partial charge in [-0.2, -0.15) is 0 Å². The van der Waals surface area contributed by atoms with Crippen molar-refractivity contribution in [2.75, 3.05) is 18.5 Å². The van der Waals surface area contributed by atoms with Crippen molar-refractivity contribution >= 4 is 39.0 Å². The molecule has 0 atom stereocenters. The third-order valence-corrected chi connectivity index (χ3v) is 5.90. The predicted octanol–water partition coefficient (Wildman–Crippen LogP) is 6.40. The van der Waals surface area contributed by atoms with Crippen molar-refractivity contribution < 1.29 is 19.1 Å². The van der Waals surface area contributed by atoms with Gasteiger partial charge in [-0.15, -0.1) is 11.3 Å². The second-order valence-corrected chi connectivity index (χ2v) is 7.89. The summed E-state index contributed by atoms with van der Waals surface area (Å²) in [5.74, 6) is 0.0203. The van der Waals surface area contributed by atoms with Crippen molar-refractivity contribution in [1.82, 2.24) is 0 Å². The number of nitrogens with one attached hydrogen (secondary N) is 1. The molecule has 162 valence electrons. The van der Waals surface area contributed by atoms with Gasteiger partial charge in [0.15, 0.2) is 0 Å². The first kappa shape index (κ1) is 21.6. The van der Waals surface area contributed by atoms with Gasteiger partial charge in [0, 0.05) is 16.5 Å². The number of hydrogen-bond donors (Lipinski definition) is 1. The van der Waals surface area contributed by atoms with Crippen LogP contribution in [-0.2, 0) is 4.74 Å². The molecule has 6 heteroatoms. The summed E-state index contributed by atoms with van der Waals surface area (Å²) in [6.07, 6.45) is 0. The van der Waals surface area contributed by atoms with E-state index in [-0.39, 0.29) is 12.5 Å². The van der Waals surface area contributed by atoms with Crippen LogP contribution >= 0.6 is 11.3 Å². The number of anilines is 1. The predicted molar refractivity (Wildman–Crippen MR) is 129 cm³/mol. The van der Waals surface area contributed by atoms with E-state index in [9.17, 15) is 9.59 Å². The quantitative estimate of drug-likeness (QED) is 0.335. The third-order valence-electron chi connectivity index (χ3n) is 5.01. The topological polar surface area (TPSA) is 64.6 Å². The molecule has 5 nitrogen and oxygen atoms in total. The highest BCUT2D eigenvalue weighted by Crippen LogP contribution is 2.37. The number of thiophene rings is 1. The molecule has 0 unspecified atom stereocenters. The van der Waals surface area contributed by atoms with Crippen molar-refractivity contribution in [1.29, 1.82) is 0 Å². The first-order valence-corrected chi connectivity index (χ1v) is 11.3. The Morgan fingerprint density at radius 3 is 2.41 bits per heavy atom. The molecule has 0 radical (unpaired) electrons. The van der Waals surface area contributed by atoms with Crippen LogP contribution in [0.15, 0.2) is 72.1 Å². The van der Waals surface area contributed by atoms with Crippen LogP contribution in [0.4, 0.5) is 5.00 Å². The summed E-state index contributed by atoms with van der Waals surface area (Å²) in [5.41, 5.74) is 2.46. The van der Waals surface area contributed by atoms with Crippen LogP contribution in [0, 0.1) is 0 Å². The summed E-state index contributed by atoms with van der Waals surface area (Å²) < 4.78 is 10.8. The smallest absolute Gasteiger partial charge is 0.341 e. The molecule has 3 aromatic carbocycles. The third kappa shape index (κ3) is 4.36. The van der Waals surface area contributed by atoms with Crippen LogP contribution in [0.2, 0.25) is 0 Å². The molecular weight excluding hydrogens is 422 g/mol. The van der Waals surface area contributed by atoms with Crippen LogP contribution < -0.4 is 10.1 Å². The van der Waals surface area contributed by atoms with Crippen molar-refractivity contribution in [2.24, 2.45) is 0 Å². The Hall–Kier alpha value is -3.64. The zero-order chi connectivity index (χ0) is 22.5. The molecule has 1 amide bonds. The van der Waals surface area contributed by atoms with Crippen LogP contribution in [0.25, 0.3) is 21.9 Å². The number of ether oxygens (including phenoxy) is 2. The second kappa shape index (κ2) is 9.66. The van der Waals surface area contributed by atoms with E-state index in [1.807, 2.05) is 73.0 Å². The number of amides is 1. The molecule has 0 fully saturated rings. The van der Waals surface area contributed by atoms with Gasteiger partial charge in [-0.1, -0.05) is 48.5 Å². The van der Waals surface area contributed by atoms with Crippen molar-refractivity contribution in [3.63, 3.8) is 0 Å². The molecular formula is C26H23NO4S. The summed E-state index contributed by atoms with van der Waals surface area (Å²) in [5, 5.41) is 7.09. The molecule has 0 aliphatic heterocycles. The molecule has 0 saturated carbocycles. The Balaban J connectivity index is 1.70.